The molecule has 156 valence electrons. The number of rotatable bonds is 6. The number of aromatic nitrogens is 2. The van der Waals surface area contributed by atoms with Crippen LogP contribution in [0.3, 0.4) is 0 Å². The average Bonchev–Trinajstić information content (AvgIpc) is 2.79. The number of hydrogen-bond donors (Lipinski definition) is 1. The Morgan fingerprint density at radius 1 is 1.23 bits per heavy atom. The predicted molar refractivity (Wildman–Crippen MR) is 116 cm³/mol. The molecule has 2 aromatic heterocycles. The number of pyridine rings is 2. The van der Waals surface area contributed by atoms with Gasteiger partial charge >= 0.3 is 0 Å². The molecule has 1 fully saturated rings. The SMILES string of the molecule is Cc1cccc(OCCNC(=O)c2cc(C3CCOCC3)c3cnccc3n2)c1C. The van der Waals surface area contributed by atoms with Gasteiger partial charge in [-0.15, -0.1) is 0 Å². The smallest absolute Gasteiger partial charge is 0.270 e. The van der Waals surface area contributed by atoms with Crippen molar-refractivity contribution < 1.29 is 14.3 Å². The van der Waals surface area contributed by atoms with Crippen LogP contribution in [0, 0.1) is 13.8 Å². The molecule has 1 aliphatic rings. The van der Waals surface area contributed by atoms with Crippen LogP contribution < -0.4 is 10.1 Å². The van der Waals surface area contributed by atoms with E-state index in [-0.39, 0.29) is 5.91 Å². The molecule has 0 radical (unpaired) electrons. The van der Waals surface area contributed by atoms with Gasteiger partial charge in [-0.3, -0.25) is 9.78 Å². The summed E-state index contributed by atoms with van der Waals surface area (Å²) in [5.74, 6) is 1.02. The van der Waals surface area contributed by atoms with Gasteiger partial charge in [0.15, 0.2) is 0 Å². The third-order valence-corrected chi connectivity index (χ3v) is 5.74. The second-order valence-corrected chi connectivity index (χ2v) is 7.68. The highest BCUT2D eigenvalue weighted by molar-refractivity contribution is 5.96. The molecule has 1 N–H and O–H groups in total. The normalized spacial score (nSPS) is 14.6. The number of carbonyl (C=O) groups excluding carboxylic acids is 1. The molecule has 0 atom stereocenters. The van der Waals surface area contributed by atoms with E-state index < -0.39 is 0 Å². The number of fused-ring (bicyclic) bond motifs is 1. The van der Waals surface area contributed by atoms with Crippen molar-refractivity contribution in [2.24, 2.45) is 0 Å². The molecule has 6 heteroatoms. The summed E-state index contributed by atoms with van der Waals surface area (Å²) < 4.78 is 11.3. The maximum Gasteiger partial charge on any atom is 0.270 e. The molecule has 3 heterocycles. The van der Waals surface area contributed by atoms with Crippen molar-refractivity contribution in [3.05, 3.63) is 65.1 Å². The number of nitrogens with zero attached hydrogens (tertiary/aromatic N) is 2. The Bertz CT molecular complexity index is 1050. The average molecular weight is 405 g/mol. The Morgan fingerprint density at radius 3 is 2.90 bits per heavy atom. The number of carbonyl (C=O) groups is 1. The molecule has 1 amide bonds. The monoisotopic (exact) mass is 405 g/mol. The first-order valence-electron chi connectivity index (χ1n) is 10.4. The van der Waals surface area contributed by atoms with Gasteiger partial charge in [-0.05, 0) is 67.5 Å². The molecular weight excluding hydrogens is 378 g/mol. The van der Waals surface area contributed by atoms with Gasteiger partial charge in [-0.1, -0.05) is 12.1 Å². The minimum atomic E-state index is -0.188. The lowest BCUT2D eigenvalue weighted by Gasteiger charge is -2.24. The van der Waals surface area contributed by atoms with Gasteiger partial charge < -0.3 is 14.8 Å². The lowest BCUT2D eigenvalue weighted by molar-refractivity contribution is 0.0855. The largest absolute Gasteiger partial charge is 0.491 e. The van der Waals surface area contributed by atoms with Crippen molar-refractivity contribution in [2.75, 3.05) is 26.4 Å². The van der Waals surface area contributed by atoms with E-state index in [4.69, 9.17) is 9.47 Å². The molecule has 30 heavy (non-hydrogen) atoms. The standard InChI is InChI=1S/C24H27N3O3/c1-16-4-3-5-23(17(16)2)30-13-10-26-24(28)22-14-19(18-7-11-29-12-8-18)20-15-25-9-6-21(20)27-22/h3-6,9,14-15,18H,7-8,10-13H2,1-2H3,(H,26,28). The summed E-state index contributed by atoms with van der Waals surface area (Å²) in [6, 6.07) is 9.76. The van der Waals surface area contributed by atoms with Crippen LogP contribution in [0.2, 0.25) is 0 Å². The fourth-order valence-electron chi connectivity index (χ4n) is 3.85. The van der Waals surface area contributed by atoms with Gasteiger partial charge in [0, 0.05) is 31.0 Å². The zero-order valence-corrected chi connectivity index (χ0v) is 17.5. The third-order valence-electron chi connectivity index (χ3n) is 5.74. The number of aryl methyl sites for hydroxylation is 1. The first-order chi connectivity index (χ1) is 14.6. The van der Waals surface area contributed by atoms with Gasteiger partial charge in [0.2, 0.25) is 0 Å². The minimum absolute atomic E-state index is 0.188. The molecular formula is C24H27N3O3. The summed E-state index contributed by atoms with van der Waals surface area (Å²) >= 11 is 0. The lowest BCUT2D eigenvalue weighted by atomic mass is 9.89. The molecule has 4 rings (SSSR count). The molecule has 0 saturated carbocycles. The van der Waals surface area contributed by atoms with Crippen molar-refractivity contribution in [2.45, 2.75) is 32.6 Å². The highest BCUT2D eigenvalue weighted by atomic mass is 16.5. The van der Waals surface area contributed by atoms with Crippen molar-refractivity contribution in [3.8, 4) is 5.75 Å². The Morgan fingerprint density at radius 2 is 2.07 bits per heavy atom. The van der Waals surface area contributed by atoms with E-state index in [1.54, 1.807) is 6.20 Å². The molecule has 6 nitrogen and oxygen atoms in total. The maximum absolute atomic E-state index is 12.8. The summed E-state index contributed by atoms with van der Waals surface area (Å²) in [5, 5.41) is 3.94. The van der Waals surface area contributed by atoms with Crippen LogP contribution in [-0.4, -0.2) is 42.2 Å². The highest BCUT2D eigenvalue weighted by Gasteiger charge is 2.21. The number of hydrogen-bond acceptors (Lipinski definition) is 5. The fourth-order valence-corrected chi connectivity index (χ4v) is 3.85. The van der Waals surface area contributed by atoms with Crippen LogP contribution in [-0.2, 0) is 4.74 Å². The topological polar surface area (TPSA) is 73.3 Å². The molecule has 1 saturated heterocycles. The highest BCUT2D eigenvalue weighted by Crippen LogP contribution is 2.32. The Balaban J connectivity index is 1.45. The lowest BCUT2D eigenvalue weighted by Crippen LogP contribution is -2.29. The second-order valence-electron chi connectivity index (χ2n) is 7.68. The van der Waals surface area contributed by atoms with Crippen molar-refractivity contribution in [1.29, 1.82) is 0 Å². The minimum Gasteiger partial charge on any atom is -0.491 e. The number of benzene rings is 1. The summed E-state index contributed by atoms with van der Waals surface area (Å²) in [5.41, 5.74) is 4.67. The summed E-state index contributed by atoms with van der Waals surface area (Å²) in [6.07, 6.45) is 5.44. The van der Waals surface area contributed by atoms with Gasteiger partial charge in [0.25, 0.3) is 5.91 Å². The Labute approximate surface area is 176 Å². The quantitative estimate of drug-likeness (QED) is 0.629. The maximum atomic E-state index is 12.8. The Hall–Kier alpha value is -2.99. The molecule has 0 unspecified atom stereocenters. The van der Waals surface area contributed by atoms with Crippen LogP contribution in [0.1, 0.15) is 45.9 Å². The van der Waals surface area contributed by atoms with Crippen LogP contribution in [0.4, 0.5) is 0 Å². The third kappa shape index (κ3) is 4.44. The predicted octanol–water partition coefficient (Wildman–Crippen LogP) is 3.95. The summed E-state index contributed by atoms with van der Waals surface area (Å²) in [7, 11) is 0. The second kappa shape index (κ2) is 9.22. The summed E-state index contributed by atoms with van der Waals surface area (Å²) in [4.78, 5) is 21.6. The van der Waals surface area contributed by atoms with E-state index in [0.717, 1.165) is 53.8 Å². The number of amides is 1. The van der Waals surface area contributed by atoms with Crippen LogP contribution >= 0.6 is 0 Å². The molecule has 1 aliphatic heterocycles. The van der Waals surface area contributed by atoms with E-state index in [1.807, 2.05) is 37.4 Å². The molecule has 0 spiro atoms. The van der Waals surface area contributed by atoms with E-state index >= 15 is 0 Å². The molecule has 1 aromatic carbocycles. The van der Waals surface area contributed by atoms with E-state index in [2.05, 4.69) is 28.3 Å². The van der Waals surface area contributed by atoms with Crippen molar-refractivity contribution >= 4 is 16.8 Å². The molecule has 3 aromatic rings. The van der Waals surface area contributed by atoms with E-state index in [9.17, 15) is 4.79 Å². The van der Waals surface area contributed by atoms with E-state index in [1.165, 1.54) is 5.56 Å². The molecule has 0 bridgehead atoms. The number of nitrogens with one attached hydrogen (secondary N) is 1. The van der Waals surface area contributed by atoms with Crippen molar-refractivity contribution in [3.63, 3.8) is 0 Å². The zero-order chi connectivity index (χ0) is 20.9. The fraction of sp³-hybridized carbons (Fsp3) is 0.375. The first kappa shape index (κ1) is 20.3. The number of ether oxygens (including phenoxy) is 2. The van der Waals surface area contributed by atoms with Crippen LogP contribution in [0.15, 0.2) is 42.7 Å². The summed E-state index contributed by atoms with van der Waals surface area (Å²) in [6.45, 7) is 6.39. The Kier molecular flexibility index (Phi) is 6.23. The van der Waals surface area contributed by atoms with Crippen molar-refractivity contribution in [1.82, 2.24) is 15.3 Å². The van der Waals surface area contributed by atoms with E-state index in [0.29, 0.717) is 24.8 Å². The first-order valence-corrected chi connectivity index (χ1v) is 10.4. The molecule has 0 aliphatic carbocycles. The van der Waals surface area contributed by atoms with Gasteiger partial charge in [-0.2, -0.15) is 0 Å². The van der Waals surface area contributed by atoms with Gasteiger partial charge in [-0.25, -0.2) is 4.98 Å². The van der Waals surface area contributed by atoms with Crippen LogP contribution in [0.25, 0.3) is 10.9 Å². The van der Waals surface area contributed by atoms with Gasteiger partial charge in [0.05, 0.1) is 12.1 Å². The zero-order valence-electron chi connectivity index (χ0n) is 17.5. The van der Waals surface area contributed by atoms with Gasteiger partial charge in [0.1, 0.15) is 18.1 Å². The van der Waals surface area contributed by atoms with Crippen LogP contribution in [0.5, 0.6) is 5.75 Å².